The molecule has 4 heterocycles. The number of fused-ring (bicyclic) bond motifs is 2. The molecule has 0 saturated carbocycles. The molecule has 0 aliphatic carbocycles. The van der Waals surface area contributed by atoms with Crippen LogP contribution in [0.15, 0.2) is 43.2 Å². The second-order valence-corrected chi connectivity index (χ2v) is 4.15. The van der Waals surface area contributed by atoms with Crippen LogP contribution < -0.4 is 5.73 Å². The zero-order valence-corrected chi connectivity index (χ0v) is 9.80. The molecular formula is C12H9N7. The number of imidazole rings is 1. The molecule has 2 N–H and O–H groups in total. The molecule has 0 aliphatic heterocycles. The van der Waals surface area contributed by atoms with Gasteiger partial charge in [-0.25, -0.2) is 19.5 Å². The Bertz CT molecular complexity index is 889. The van der Waals surface area contributed by atoms with Crippen molar-refractivity contribution in [2.45, 2.75) is 0 Å². The summed E-state index contributed by atoms with van der Waals surface area (Å²) in [6.07, 6.45) is 10.9. The molecule has 0 radical (unpaired) electrons. The molecule has 0 aromatic carbocycles. The first-order chi connectivity index (χ1) is 9.31. The summed E-state index contributed by atoms with van der Waals surface area (Å²) < 4.78 is 3.58. The van der Waals surface area contributed by atoms with Gasteiger partial charge in [0.05, 0.1) is 11.7 Å². The van der Waals surface area contributed by atoms with Crippen LogP contribution in [0, 0.1) is 0 Å². The number of hydrogen-bond donors (Lipinski definition) is 1. The lowest BCUT2D eigenvalue weighted by atomic mass is 10.1. The number of hydrogen-bond acceptors (Lipinski definition) is 5. The van der Waals surface area contributed by atoms with E-state index in [1.54, 1.807) is 23.1 Å². The van der Waals surface area contributed by atoms with E-state index in [1.807, 2.05) is 29.1 Å². The van der Waals surface area contributed by atoms with E-state index in [4.69, 9.17) is 5.73 Å². The summed E-state index contributed by atoms with van der Waals surface area (Å²) in [5.41, 5.74) is 8.43. The van der Waals surface area contributed by atoms with Crippen LogP contribution in [0.2, 0.25) is 0 Å². The molecule has 4 rings (SSSR count). The van der Waals surface area contributed by atoms with E-state index < -0.39 is 0 Å². The Hall–Kier alpha value is -2.96. The summed E-state index contributed by atoms with van der Waals surface area (Å²) in [5.74, 6) is 0.922. The van der Waals surface area contributed by atoms with Crippen molar-refractivity contribution in [2.75, 3.05) is 5.73 Å². The number of anilines is 1. The molecule has 0 atom stereocenters. The van der Waals surface area contributed by atoms with Crippen molar-refractivity contribution >= 4 is 17.2 Å². The Morgan fingerprint density at radius 3 is 2.95 bits per heavy atom. The Morgan fingerprint density at radius 1 is 1.05 bits per heavy atom. The smallest absolute Gasteiger partial charge is 0.238 e. The van der Waals surface area contributed by atoms with E-state index in [0.717, 1.165) is 16.6 Å². The predicted octanol–water partition coefficient (Wildman–Crippen LogP) is 1.02. The Kier molecular flexibility index (Phi) is 1.85. The van der Waals surface area contributed by atoms with Gasteiger partial charge >= 0.3 is 0 Å². The zero-order valence-electron chi connectivity index (χ0n) is 9.80. The quantitative estimate of drug-likeness (QED) is 0.546. The topological polar surface area (TPSA) is 86.4 Å². The molecule has 0 aliphatic rings. The second-order valence-electron chi connectivity index (χ2n) is 4.15. The first-order valence-electron chi connectivity index (χ1n) is 5.70. The van der Waals surface area contributed by atoms with E-state index in [2.05, 4.69) is 20.1 Å². The first-order valence-corrected chi connectivity index (χ1v) is 5.70. The molecule has 0 spiro atoms. The van der Waals surface area contributed by atoms with Crippen molar-refractivity contribution in [3.05, 3.63) is 43.2 Å². The van der Waals surface area contributed by atoms with E-state index in [9.17, 15) is 0 Å². The fourth-order valence-electron chi connectivity index (χ4n) is 2.11. The molecule has 4 aromatic heterocycles. The van der Waals surface area contributed by atoms with Gasteiger partial charge in [0.15, 0.2) is 0 Å². The van der Waals surface area contributed by atoms with Crippen LogP contribution in [0.25, 0.3) is 22.4 Å². The summed E-state index contributed by atoms with van der Waals surface area (Å²) in [5, 5.41) is 4.12. The van der Waals surface area contributed by atoms with Crippen LogP contribution in [0.4, 0.5) is 5.95 Å². The van der Waals surface area contributed by atoms with Gasteiger partial charge in [0.25, 0.3) is 0 Å². The minimum Gasteiger partial charge on any atom is -0.367 e. The van der Waals surface area contributed by atoms with Crippen LogP contribution in [0.1, 0.15) is 0 Å². The van der Waals surface area contributed by atoms with Crippen molar-refractivity contribution in [3.8, 4) is 11.1 Å². The van der Waals surface area contributed by atoms with Crippen LogP contribution in [-0.4, -0.2) is 29.0 Å². The van der Waals surface area contributed by atoms with Gasteiger partial charge in [-0.3, -0.25) is 4.40 Å². The summed E-state index contributed by atoms with van der Waals surface area (Å²) >= 11 is 0. The lowest BCUT2D eigenvalue weighted by Crippen LogP contribution is -1.99. The van der Waals surface area contributed by atoms with Crippen LogP contribution in [0.3, 0.4) is 0 Å². The van der Waals surface area contributed by atoms with E-state index in [-0.39, 0.29) is 5.95 Å². The number of nitrogen functional groups attached to an aromatic ring is 1. The highest BCUT2D eigenvalue weighted by molar-refractivity contribution is 5.79. The first kappa shape index (κ1) is 10.0. The van der Waals surface area contributed by atoms with Crippen molar-refractivity contribution in [1.29, 1.82) is 0 Å². The third-order valence-corrected chi connectivity index (χ3v) is 2.99. The average molecular weight is 251 g/mol. The van der Waals surface area contributed by atoms with Gasteiger partial charge in [0.1, 0.15) is 0 Å². The van der Waals surface area contributed by atoms with Crippen molar-refractivity contribution in [3.63, 3.8) is 0 Å². The van der Waals surface area contributed by atoms with Crippen molar-refractivity contribution in [2.24, 2.45) is 0 Å². The van der Waals surface area contributed by atoms with Crippen LogP contribution in [0.5, 0.6) is 0 Å². The van der Waals surface area contributed by atoms with E-state index in [0.29, 0.717) is 5.78 Å². The SMILES string of the molecule is Nc1ncc2c(-c3cnc4nccn4c3)ccn2n1. The molecule has 0 unspecified atom stereocenters. The largest absolute Gasteiger partial charge is 0.367 e. The Labute approximate surface area is 107 Å². The van der Waals surface area contributed by atoms with E-state index >= 15 is 0 Å². The summed E-state index contributed by atoms with van der Waals surface area (Å²) in [6.45, 7) is 0. The fraction of sp³-hybridized carbons (Fsp3) is 0. The maximum atomic E-state index is 5.56. The van der Waals surface area contributed by atoms with Crippen molar-refractivity contribution < 1.29 is 0 Å². The highest BCUT2D eigenvalue weighted by atomic mass is 15.3. The monoisotopic (exact) mass is 251 g/mol. The molecule has 7 nitrogen and oxygen atoms in total. The molecule has 4 aromatic rings. The minimum absolute atomic E-state index is 0.248. The number of rotatable bonds is 1. The standard InChI is InChI=1S/C12H9N7/c13-11-15-6-10-9(1-3-19(10)17-11)8-5-16-12-14-2-4-18(12)7-8/h1-7H,(H2,13,17). The number of aromatic nitrogens is 6. The van der Waals surface area contributed by atoms with E-state index in [1.165, 1.54) is 0 Å². The van der Waals surface area contributed by atoms with Crippen LogP contribution >= 0.6 is 0 Å². The van der Waals surface area contributed by atoms with Gasteiger partial charge in [0.2, 0.25) is 11.7 Å². The summed E-state index contributed by atoms with van der Waals surface area (Å²) in [6, 6.07) is 1.96. The van der Waals surface area contributed by atoms with Gasteiger partial charge in [0, 0.05) is 42.1 Å². The lowest BCUT2D eigenvalue weighted by Gasteiger charge is -2.01. The zero-order chi connectivity index (χ0) is 12.8. The molecule has 0 fully saturated rings. The Morgan fingerprint density at radius 2 is 2.00 bits per heavy atom. The molecule has 19 heavy (non-hydrogen) atoms. The van der Waals surface area contributed by atoms with Gasteiger partial charge in [-0.1, -0.05) is 0 Å². The number of nitrogens with zero attached hydrogens (tertiary/aromatic N) is 6. The van der Waals surface area contributed by atoms with Gasteiger partial charge in [-0.05, 0) is 6.07 Å². The molecule has 0 amide bonds. The predicted molar refractivity (Wildman–Crippen MR) is 69.4 cm³/mol. The normalized spacial score (nSPS) is 11.4. The highest BCUT2D eigenvalue weighted by Gasteiger charge is 2.08. The van der Waals surface area contributed by atoms with Gasteiger partial charge in [-0.2, -0.15) is 0 Å². The molecule has 0 saturated heterocycles. The maximum absolute atomic E-state index is 5.56. The van der Waals surface area contributed by atoms with Gasteiger partial charge in [-0.15, -0.1) is 5.10 Å². The Balaban J connectivity index is 1.97. The van der Waals surface area contributed by atoms with Crippen LogP contribution in [-0.2, 0) is 0 Å². The molecule has 0 bridgehead atoms. The highest BCUT2D eigenvalue weighted by Crippen LogP contribution is 2.24. The van der Waals surface area contributed by atoms with Crippen molar-refractivity contribution in [1.82, 2.24) is 29.0 Å². The molecular weight excluding hydrogens is 242 g/mol. The minimum atomic E-state index is 0.248. The average Bonchev–Trinajstić information content (AvgIpc) is 3.02. The molecule has 92 valence electrons. The maximum Gasteiger partial charge on any atom is 0.238 e. The third kappa shape index (κ3) is 1.45. The summed E-state index contributed by atoms with van der Waals surface area (Å²) in [7, 11) is 0. The number of nitrogens with two attached hydrogens (primary N) is 1. The second kappa shape index (κ2) is 3.52. The summed E-state index contributed by atoms with van der Waals surface area (Å²) in [4.78, 5) is 12.4. The van der Waals surface area contributed by atoms with Gasteiger partial charge < -0.3 is 5.73 Å². The fourth-order valence-corrected chi connectivity index (χ4v) is 2.11. The lowest BCUT2D eigenvalue weighted by molar-refractivity contribution is 0.918. The molecule has 7 heteroatoms. The third-order valence-electron chi connectivity index (χ3n) is 2.99.